The van der Waals surface area contributed by atoms with Gasteiger partial charge in [-0.3, -0.25) is 4.79 Å². The van der Waals surface area contributed by atoms with E-state index in [4.69, 9.17) is 32.7 Å². The van der Waals surface area contributed by atoms with E-state index in [1.54, 1.807) is 42.5 Å². The van der Waals surface area contributed by atoms with E-state index < -0.39 is 5.97 Å². The lowest BCUT2D eigenvalue weighted by molar-refractivity contribution is -0.136. The lowest BCUT2D eigenvalue weighted by Gasteiger charge is -2.10. The van der Waals surface area contributed by atoms with Gasteiger partial charge in [0.2, 0.25) is 5.91 Å². The molecule has 5 nitrogen and oxygen atoms in total. The first-order valence-corrected chi connectivity index (χ1v) is 8.47. The molecule has 7 heteroatoms. The Bertz CT molecular complexity index is 785. The number of hydrogen-bond donors (Lipinski definition) is 1. The van der Waals surface area contributed by atoms with Gasteiger partial charge in [0.05, 0.1) is 10.0 Å². The van der Waals surface area contributed by atoms with E-state index in [0.717, 1.165) is 12.8 Å². The second-order valence-electron chi connectivity index (χ2n) is 5.60. The highest BCUT2D eigenvalue weighted by Crippen LogP contribution is 2.32. The van der Waals surface area contributed by atoms with E-state index in [9.17, 15) is 9.59 Å². The fourth-order valence-corrected chi connectivity index (χ4v) is 2.59. The normalized spacial score (nSPS) is 13.2. The van der Waals surface area contributed by atoms with Gasteiger partial charge < -0.3 is 14.8 Å². The molecule has 0 spiro atoms. The number of hydrogen-bond acceptors (Lipinski definition) is 4. The zero-order valence-corrected chi connectivity index (χ0v) is 14.6. The molecule has 2 aromatic carbocycles. The highest BCUT2D eigenvalue weighted by Gasteiger charge is 2.29. The van der Waals surface area contributed by atoms with Crippen molar-refractivity contribution >= 4 is 40.8 Å². The van der Waals surface area contributed by atoms with Crippen LogP contribution in [0.15, 0.2) is 42.5 Å². The van der Waals surface area contributed by atoms with Gasteiger partial charge in [-0.05, 0) is 37.1 Å². The summed E-state index contributed by atoms with van der Waals surface area (Å²) in [5, 5.41) is 3.30. The van der Waals surface area contributed by atoms with E-state index in [-0.39, 0.29) is 34.2 Å². The highest BCUT2D eigenvalue weighted by molar-refractivity contribution is 6.37. The van der Waals surface area contributed by atoms with E-state index in [0.29, 0.717) is 11.4 Å². The summed E-state index contributed by atoms with van der Waals surface area (Å²) in [5.41, 5.74) is 0.622. The molecule has 1 amide bonds. The van der Waals surface area contributed by atoms with Crippen LogP contribution in [-0.4, -0.2) is 18.5 Å². The number of nitrogens with one attached hydrogen (secondary N) is 1. The Morgan fingerprint density at radius 2 is 1.76 bits per heavy atom. The predicted molar refractivity (Wildman–Crippen MR) is 95.4 cm³/mol. The second kappa shape index (κ2) is 7.76. The van der Waals surface area contributed by atoms with Gasteiger partial charge in [-0.15, -0.1) is 0 Å². The van der Waals surface area contributed by atoms with Gasteiger partial charge in [-0.1, -0.05) is 35.3 Å². The van der Waals surface area contributed by atoms with Gasteiger partial charge in [0.25, 0.3) is 0 Å². The van der Waals surface area contributed by atoms with Crippen LogP contribution in [0.5, 0.6) is 11.5 Å². The van der Waals surface area contributed by atoms with E-state index in [1.165, 1.54) is 0 Å². The molecule has 0 radical (unpaired) electrons. The Morgan fingerprint density at radius 3 is 2.44 bits per heavy atom. The van der Waals surface area contributed by atoms with Crippen LogP contribution < -0.4 is 14.8 Å². The van der Waals surface area contributed by atoms with Gasteiger partial charge in [0, 0.05) is 17.7 Å². The molecule has 0 unspecified atom stereocenters. The van der Waals surface area contributed by atoms with Crippen LogP contribution >= 0.6 is 23.2 Å². The Kier molecular flexibility index (Phi) is 5.46. The Balaban J connectivity index is 1.56. The summed E-state index contributed by atoms with van der Waals surface area (Å²) in [6.07, 6.45) is 1.86. The lowest BCUT2D eigenvalue weighted by Crippen LogP contribution is -2.18. The molecule has 1 aliphatic carbocycles. The van der Waals surface area contributed by atoms with Crippen molar-refractivity contribution < 1.29 is 19.1 Å². The maximum atomic E-state index is 11.9. The van der Waals surface area contributed by atoms with Crippen molar-refractivity contribution in [2.24, 2.45) is 5.92 Å². The smallest absolute Gasteiger partial charge is 0.349 e. The zero-order valence-electron chi connectivity index (χ0n) is 13.1. The summed E-state index contributed by atoms with van der Waals surface area (Å²) in [6, 6.07) is 11.6. The Labute approximate surface area is 154 Å². The topological polar surface area (TPSA) is 64.6 Å². The maximum Gasteiger partial charge on any atom is 0.349 e. The van der Waals surface area contributed by atoms with Gasteiger partial charge in [0.1, 0.15) is 5.75 Å². The van der Waals surface area contributed by atoms with Crippen LogP contribution in [0.4, 0.5) is 5.69 Å². The molecule has 130 valence electrons. The average molecular weight is 380 g/mol. The van der Waals surface area contributed by atoms with Crippen LogP contribution in [-0.2, 0) is 9.59 Å². The van der Waals surface area contributed by atoms with Gasteiger partial charge in [-0.2, -0.15) is 0 Å². The third-order valence-electron chi connectivity index (χ3n) is 3.54. The van der Waals surface area contributed by atoms with Crippen LogP contribution in [0.2, 0.25) is 10.0 Å². The molecular formula is C18H15Cl2NO4. The summed E-state index contributed by atoms with van der Waals surface area (Å²) < 4.78 is 10.5. The van der Waals surface area contributed by atoms with Gasteiger partial charge in [-0.25, -0.2) is 4.79 Å². The molecule has 0 saturated heterocycles. The largest absolute Gasteiger partial charge is 0.482 e. The van der Waals surface area contributed by atoms with Gasteiger partial charge in [0.15, 0.2) is 12.4 Å². The molecule has 2 aromatic rings. The lowest BCUT2D eigenvalue weighted by atomic mass is 10.3. The molecule has 0 atom stereocenters. The van der Waals surface area contributed by atoms with Crippen molar-refractivity contribution in [3.05, 3.63) is 52.5 Å². The zero-order chi connectivity index (χ0) is 17.8. The minimum absolute atomic E-state index is 0.00456. The number of benzene rings is 2. The first-order valence-electron chi connectivity index (χ1n) is 7.71. The minimum atomic E-state index is -0.637. The summed E-state index contributed by atoms with van der Waals surface area (Å²) in [5.74, 6) is 0.0212. The molecule has 3 rings (SSSR count). The molecule has 25 heavy (non-hydrogen) atoms. The van der Waals surface area contributed by atoms with Crippen LogP contribution in [0, 0.1) is 5.92 Å². The molecule has 0 heterocycles. The van der Waals surface area contributed by atoms with Crippen molar-refractivity contribution in [2.75, 3.05) is 11.9 Å². The number of rotatable bonds is 6. The molecule has 0 aliphatic heterocycles. The first-order chi connectivity index (χ1) is 12.0. The van der Waals surface area contributed by atoms with E-state index in [2.05, 4.69) is 5.32 Å². The monoisotopic (exact) mass is 379 g/mol. The predicted octanol–water partition coefficient (Wildman–Crippen LogP) is 4.33. The number of para-hydroxylation sites is 1. The number of anilines is 1. The van der Waals surface area contributed by atoms with Crippen molar-refractivity contribution in [1.82, 2.24) is 0 Å². The van der Waals surface area contributed by atoms with E-state index in [1.807, 2.05) is 0 Å². The summed E-state index contributed by atoms with van der Waals surface area (Å²) in [7, 11) is 0. The molecule has 1 aliphatic rings. The van der Waals surface area contributed by atoms with Crippen molar-refractivity contribution in [1.29, 1.82) is 0 Å². The number of carbonyl (C=O) groups is 2. The standard InChI is InChI=1S/C18H15Cl2NO4/c19-14-5-2-6-15(20)17(14)25-16(22)10-24-13-4-1-3-12(9-13)21-18(23)11-7-8-11/h1-6,9,11H,7-8,10H2,(H,21,23). The molecule has 1 N–H and O–H groups in total. The summed E-state index contributed by atoms with van der Waals surface area (Å²) in [4.78, 5) is 23.7. The summed E-state index contributed by atoms with van der Waals surface area (Å²) in [6.45, 7) is -0.318. The molecule has 0 bridgehead atoms. The van der Waals surface area contributed by atoms with E-state index >= 15 is 0 Å². The summed E-state index contributed by atoms with van der Waals surface area (Å²) >= 11 is 11.9. The van der Waals surface area contributed by atoms with Crippen LogP contribution in [0.1, 0.15) is 12.8 Å². The average Bonchev–Trinajstić information content (AvgIpc) is 3.42. The van der Waals surface area contributed by atoms with Crippen molar-refractivity contribution in [3.8, 4) is 11.5 Å². The fraction of sp³-hybridized carbons (Fsp3) is 0.222. The molecular weight excluding hydrogens is 365 g/mol. The number of amides is 1. The SMILES string of the molecule is O=C(COc1cccc(NC(=O)C2CC2)c1)Oc1c(Cl)cccc1Cl. The Morgan fingerprint density at radius 1 is 1.08 bits per heavy atom. The molecule has 1 fully saturated rings. The highest BCUT2D eigenvalue weighted by atomic mass is 35.5. The van der Waals surface area contributed by atoms with Crippen molar-refractivity contribution in [3.63, 3.8) is 0 Å². The minimum Gasteiger partial charge on any atom is -0.482 e. The fourth-order valence-electron chi connectivity index (χ4n) is 2.12. The number of halogens is 2. The number of esters is 1. The molecule has 1 saturated carbocycles. The number of ether oxygens (including phenoxy) is 2. The second-order valence-corrected chi connectivity index (χ2v) is 6.42. The maximum absolute atomic E-state index is 11.9. The quantitative estimate of drug-likeness (QED) is 0.599. The third-order valence-corrected chi connectivity index (χ3v) is 4.14. The van der Waals surface area contributed by atoms with Gasteiger partial charge >= 0.3 is 5.97 Å². The van der Waals surface area contributed by atoms with Crippen LogP contribution in [0.3, 0.4) is 0 Å². The molecule has 0 aromatic heterocycles. The van der Waals surface area contributed by atoms with Crippen molar-refractivity contribution in [2.45, 2.75) is 12.8 Å². The number of carbonyl (C=O) groups excluding carboxylic acids is 2. The third kappa shape index (κ3) is 4.87. The first kappa shape index (κ1) is 17.6. The van der Waals surface area contributed by atoms with Crippen LogP contribution in [0.25, 0.3) is 0 Å². The Hall–Kier alpha value is -2.24.